The third-order valence-corrected chi connectivity index (χ3v) is 17.6. The lowest BCUT2D eigenvalue weighted by molar-refractivity contribution is -0.316. The van der Waals surface area contributed by atoms with Gasteiger partial charge in [0, 0.05) is 58.4 Å². The fourth-order valence-electron chi connectivity index (χ4n) is 13.3. The Labute approximate surface area is 351 Å². The van der Waals surface area contributed by atoms with Gasteiger partial charge in [0.15, 0.2) is 8.45 Å². The van der Waals surface area contributed by atoms with Crippen LogP contribution in [0.4, 0.5) is 0 Å². The fourth-order valence-corrected chi connectivity index (χ4v) is 15.7. The summed E-state index contributed by atoms with van der Waals surface area (Å²) in [5.74, 6) is 0. The third-order valence-electron chi connectivity index (χ3n) is 15.2. The topological polar surface area (TPSA) is 53.1 Å². The molecule has 0 N–H and O–H groups in total. The van der Waals surface area contributed by atoms with E-state index < -0.39 is 8.45 Å². The highest BCUT2D eigenvalue weighted by atomic mass is 31.2. The number of hydrogen-bond donors (Lipinski definition) is 0. The van der Waals surface area contributed by atoms with Gasteiger partial charge >= 0.3 is 0 Å². The molecule has 4 saturated heterocycles. The summed E-state index contributed by atoms with van der Waals surface area (Å²) in [6.07, 6.45) is 26.5. The van der Waals surface area contributed by atoms with Crippen molar-refractivity contribution in [2.24, 2.45) is 0 Å². The van der Waals surface area contributed by atoms with E-state index in [1.165, 1.54) is 96.3 Å². The van der Waals surface area contributed by atoms with Crippen LogP contribution in [0.1, 0.15) is 218 Å². The standard InChI is InChI=1S/C47H88N5O4P/c1-42(2)30-36(31-43(3,4)50(42)53-38-22-16-13-17-23-38)48-28-29-49(37-32-44(5,6)51(45(7,8)33-37)54-39-24-18-14-19-25-39)57(48)56-41-34-46(9,10)52(47(11,12)35-41)55-40-26-20-15-21-27-40/h36-41H,13-35H2,1-12H3. The second-order valence-corrected chi connectivity index (χ2v) is 25.4. The molecule has 0 aromatic rings. The molecule has 10 heteroatoms. The zero-order valence-corrected chi connectivity index (χ0v) is 39.9. The summed E-state index contributed by atoms with van der Waals surface area (Å²) in [6, 6.07) is 0.868. The first-order valence-electron chi connectivity index (χ1n) is 24.1. The van der Waals surface area contributed by atoms with Gasteiger partial charge in [-0.05, 0) is 160 Å². The van der Waals surface area contributed by atoms with E-state index in [4.69, 9.17) is 19.0 Å². The second kappa shape index (κ2) is 17.3. The molecule has 0 radical (unpaired) electrons. The van der Waals surface area contributed by atoms with Gasteiger partial charge in [-0.1, -0.05) is 57.8 Å². The summed E-state index contributed by atoms with van der Waals surface area (Å²) >= 11 is 0. The highest BCUT2D eigenvalue weighted by Gasteiger charge is 2.57. The van der Waals surface area contributed by atoms with Gasteiger partial charge in [0.1, 0.15) is 0 Å². The number of nitrogens with zero attached hydrogens (tertiary/aromatic N) is 5. The Hall–Kier alpha value is 0.0700. The Kier molecular flexibility index (Phi) is 13.7. The van der Waals surface area contributed by atoms with Crippen LogP contribution in [-0.4, -0.2) is 107 Å². The van der Waals surface area contributed by atoms with Crippen molar-refractivity contribution < 1.29 is 19.0 Å². The monoisotopic (exact) mass is 818 g/mol. The molecule has 4 aliphatic heterocycles. The lowest BCUT2D eigenvalue weighted by atomic mass is 9.78. The van der Waals surface area contributed by atoms with Gasteiger partial charge in [0.25, 0.3) is 0 Å². The molecule has 7 aliphatic rings. The smallest absolute Gasteiger partial charge is 0.188 e. The molecular weight excluding hydrogens is 730 g/mol. The van der Waals surface area contributed by atoms with Gasteiger partial charge in [-0.2, -0.15) is 15.2 Å². The van der Waals surface area contributed by atoms with Gasteiger partial charge in [-0.3, -0.25) is 14.5 Å². The van der Waals surface area contributed by atoms with E-state index in [2.05, 4.69) is 108 Å². The summed E-state index contributed by atoms with van der Waals surface area (Å²) in [4.78, 5) is 21.0. The molecule has 3 aliphatic carbocycles. The molecule has 4 heterocycles. The summed E-state index contributed by atoms with van der Waals surface area (Å²) in [6.45, 7) is 31.3. The zero-order valence-electron chi connectivity index (χ0n) is 39.0. The molecule has 0 spiro atoms. The Morgan fingerprint density at radius 2 is 0.614 bits per heavy atom. The highest BCUT2D eigenvalue weighted by molar-refractivity contribution is 7.47. The number of rotatable bonds is 10. The fraction of sp³-hybridized carbons (Fsp3) is 1.00. The van der Waals surface area contributed by atoms with Gasteiger partial charge < -0.3 is 4.52 Å². The summed E-state index contributed by atoms with van der Waals surface area (Å²) in [5.41, 5.74) is -0.532. The van der Waals surface area contributed by atoms with E-state index in [-0.39, 0.29) is 39.3 Å². The average Bonchev–Trinajstić information content (AvgIpc) is 3.53. The SMILES string of the molecule is CC1(C)CC(OP2N(C3CC(C)(C)N(OC4CCCCC4)C(C)(C)C3)CCN2C2CC(C)(C)N(OC3CCCCC3)C(C)(C)C2)CC(C)(C)N1OC1CCCCC1. The number of hydroxylamine groups is 6. The molecule has 0 aromatic carbocycles. The van der Waals surface area contributed by atoms with Crippen LogP contribution >= 0.6 is 8.45 Å². The van der Waals surface area contributed by atoms with E-state index in [9.17, 15) is 0 Å². The molecule has 7 rings (SSSR count). The van der Waals surface area contributed by atoms with Crippen molar-refractivity contribution in [1.82, 2.24) is 24.5 Å². The van der Waals surface area contributed by atoms with Crippen LogP contribution in [0.25, 0.3) is 0 Å². The number of piperidine rings is 3. The maximum absolute atomic E-state index is 7.81. The van der Waals surface area contributed by atoms with Crippen molar-refractivity contribution in [3.05, 3.63) is 0 Å². The minimum Gasteiger partial charge on any atom is -0.328 e. The lowest BCUT2D eigenvalue weighted by Crippen LogP contribution is -2.65. The average molecular weight is 818 g/mol. The summed E-state index contributed by atoms with van der Waals surface area (Å²) < 4.78 is 13.6. The molecule has 0 bridgehead atoms. The van der Waals surface area contributed by atoms with E-state index in [1.807, 2.05) is 0 Å². The molecule has 7 fully saturated rings. The molecule has 3 saturated carbocycles. The van der Waals surface area contributed by atoms with E-state index in [1.54, 1.807) is 0 Å². The Morgan fingerprint density at radius 1 is 0.351 bits per heavy atom. The molecule has 0 atom stereocenters. The minimum atomic E-state index is -0.993. The third kappa shape index (κ3) is 10.2. The van der Waals surface area contributed by atoms with Crippen molar-refractivity contribution in [3.63, 3.8) is 0 Å². The van der Waals surface area contributed by atoms with Gasteiger partial charge in [0.05, 0.1) is 24.4 Å². The maximum atomic E-state index is 7.81. The van der Waals surface area contributed by atoms with Crippen LogP contribution in [0.3, 0.4) is 0 Å². The van der Waals surface area contributed by atoms with Crippen LogP contribution in [-0.2, 0) is 19.0 Å². The lowest BCUT2D eigenvalue weighted by Gasteiger charge is -2.58. The van der Waals surface area contributed by atoms with Crippen LogP contribution in [0.2, 0.25) is 0 Å². The van der Waals surface area contributed by atoms with Crippen molar-refractivity contribution in [2.75, 3.05) is 13.1 Å². The van der Waals surface area contributed by atoms with E-state index in [0.29, 0.717) is 30.4 Å². The first-order chi connectivity index (χ1) is 26.7. The predicted octanol–water partition coefficient (Wildman–Crippen LogP) is 11.7. The molecule has 0 aromatic heterocycles. The molecule has 330 valence electrons. The molecule has 0 unspecified atom stereocenters. The Balaban J connectivity index is 1.14. The Bertz CT molecular complexity index is 1200. The summed E-state index contributed by atoms with van der Waals surface area (Å²) in [7, 11) is -0.993. The molecule has 0 amide bonds. The molecule has 57 heavy (non-hydrogen) atoms. The largest absolute Gasteiger partial charge is 0.328 e. The van der Waals surface area contributed by atoms with Crippen LogP contribution in [0.15, 0.2) is 0 Å². The quantitative estimate of drug-likeness (QED) is 0.201. The normalized spacial score (nSPS) is 32.6. The van der Waals surface area contributed by atoms with Crippen molar-refractivity contribution >= 4 is 8.45 Å². The maximum Gasteiger partial charge on any atom is 0.188 e. The highest BCUT2D eigenvalue weighted by Crippen LogP contribution is 2.60. The minimum absolute atomic E-state index is 0.0736. The summed E-state index contributed by atoms with van der Waals surface area (Å²) in [5, 5.41) is 7.31. The van der Waals surface area contributed by atoms with Gasteiger partial charge in [-0.25, -0.2) is 9.34 Å². The van der Waals surface area contributed by atoms with Crippen molar-refractivity contribution in [3.8, 4) is 0 Å². The zero-order chi connectivity index (χ0) is 41.0. The van der Waals surface area contributed by atoms with Crippen molar-refractivity contribution in [1.29, 1.82) is 0 Å². The Morgan fingerprint density at radius 3 is 0.895 bits per heavy atom. The molecular formula is C47H88N5O4P. The van der Waals surface area contributed by atoms with Crippen molar-refractivity contribution in [2.45, 2.75) is 288 Å². The van der Waals surface area contributed by atoms with E-state index >= 15 is 0 Å². The molecule has 9 nitrogen and oxygen atoms in total. The van der Waals surface area contributed by atoms with E-state index in [0.717, 1.165) is 51.6 Å². The van der Waals surface area contributed by atoms with Gasteiger partial charge in [-0.15, -0.1) is 0 Å². The van der Waals surface area contributed by atoms with Gasteiger partial charge in [0.2, 0.25) is 0 Å². The first kappa shape index (κ1) is 45.1. The first-order valence-corrected chi connectivity index (χ1v) is 25.2. The number of hydrogen-bond acceptors (Lipinski definition) is 9. The van der Waals surface area contributed by atoms with Crippen LogP contribution < -0.4 is 0 Å². The van der Waals surface area contributed by atoms with Crippen LogP contribution in [0, 0.1) is 0 Å². The predicted molar refractivity (Wildman–Crippen MR) is 234 cm³/mol. The van der Waals surface area contributed by atoms with Crippen LogP contribution in [0.5, 0.6) is 0 Å². The second-order valence-electron chi connectivity index (χ2n) is 23.7.